The molecule has 25 heavy (non-hydrogen) atoms. The summed E-state index contributed by atoms with van der Waals surface area (Å²) < 4.78 is 10.1. The molecule has 2 unspecified atom stereocenters. The lowest BCUT2D eigenvalue weighted by Gasteiger charge is -2.07. The van der Waals surface area contributed by atoms with Crippen molar-refractivity contribution < 1.29 is 33.9 Å². The maximum atomic E-state index is 11.5. The molecule has 9 nitrogen and oxygen atoms in total. The molecule has 3 N–H and O–H groups in total. The molecule has 0 aromatic carbocycles. The van der Waals surface area contributed by atoms with Crippen molar-refractivity contribution in [1.82, 2.24) is 10.5 Å². The van der Waals surface area contributed by atoms with E-state index in [4.69, 9.17) is 19.5 Å². The van der Waals surface area contributed by atoms with Crippen molar-refractivity contribution >= 4 is 23.5 Å². The fourth-order valence-electron chi connectivity index (χ4n) is 2.59. The Bertz CT molecular complexity index is 704. The molecule has 1 aromatic rings. The number of hydrogen-bond donors (Lipinski definition) is 3. The molecule has 2 aliphatic heterocycles. The van der Waals surface area contributed by atoms with E-state index in [2.05, 4.69) is 16.5 Å². The van der Waals surface area contributed by atoms with Crippen LogP contribution in [0.5, 0.6) is 0 Å². The van der Waals surface area contributed by atoms with Crippen LogP contribution in [0.25, 0.3) is 5.57 Å². The molecule has 0 saturated carbocycles. The molecule has 1 aromatic heterocycles. The quantitative estimate of drug-likeness (QED) is 0.525. The van der Waals surface area contributed by atoms with Gasteiger partial charge in [-0.3, -0.25) is 0 Å². The topological polar surface area (TPSA) is 139 Å². The lowest BCUT2D eigenvalue weighted by Crippen LogP contribution is -2.20. The lowest BCUT2D eigenvalue weighted by atomic mass is 9.97. The highest BCUT2D eigenvalue weighted by Gasteiger charge is 2.34. The third-order valence-electron chi connectivity index (χ3n) is 3.59. The lowest BCUT2D eigenvalue weighted by molar-refractivity contribution is -0.134. The van der Waals surface area contributed by atoms with Gasteiger partial charge in [0.05, 0.1) is 6.61 Å². The smallest absolute Gasteiger partial charge is 0.360 e. The summed E-state index contributed by atoms with van der Waals surface area (Å²) in [5.74, 6) is -2.27. The summed E-state index contributed by atoms with van der Waals surface area (Å²) in [5.41, 5.74) is 1.36. The second-order valence-electron chi connectivity index (χ2n) is 5.33. The molecule has 0 radical (unpaired) electrons. The van der Waals surface area contributed by atoms with Gasteiger partial charge in [-0.2, -0.15) is 0 Å². The van der Waals surface area contributed by atoms with Crippen LogP contribution in [0, 0.1) is 0 Å². The number of carboxylic acids is 2. The molecule has 3 heterocycles. The Hall–Kier alpha value is -2.94. The summed E-state index contributed by atoms with van der Waals surface area (Å²) in [5, 5.41) is 22.8. The number of ether oxygens (including phenoxy) is 1. The van der Waals surface area contributed by atoms with E-state index in [1.165, 1.54) is 6.42 Å². The van der Waals surface area contributed by atoms with Crippen molar-refractivity contribution in [2.75, 3.05) is 6.61 Å². The minimum Gasteiger partial charge on any atom is -0.478 e. The van der Waals surface area contributed by atoms with E-state index in [-0.39, 0.29) is 5.69 Å². The molecule has 1 fully saturated rings. The third-order valence-corrected chi connectivity index (χ3v) is 3.59. The number of nitrogens with zero attached hydrogens (tertiary/aromatic N) is 1. The minimum atomic E-state index is -1.26. The molecule has 2 bridgehead atoms. The fourth-order valence-corrected chi connectivity index (χ4v) is 2.59. The first-order valence-corrected chi connectivity index (χ1v) is 7.66. The molecular formula is C16H18N2O7. The zero-order valence-electron chi connectivity index (χ0n) is 13.5. The van der Waals surface area contributed by atoms with Crippen LogP contribution in [-0.2, 0) is 14.3 Å². The highest BCUT2D eigenvalue weighted by Crippen LogP contribution is 2.34. The summed E-state index contributed by atoms with van der Waals surface area (Å²) in [4.78, 5) is 30.6. The van der Waals surface area contributed by atoms with Crippen LogP contribution in [0.2, 0.25) is 0 Å². The Morgan fingerprint density at radius 1 is 1.32 bits per heavy atom. The number of hydrogen-bond acceptors (Lipinski definition) is 7. The van der Waals surface area contributed by atoms with Gasteiger partial charge in [0.25, 0.3) is 0 Å². The number of fused-ring (bicyclic) bond motifs is 2. The number of carbonyl (C=O) groups excluding carboxylic acids is 1. The molecule has 134 valence electrons. The average molecular weight is 350 g/mol. The highest BCUT2D eigenvalue weighted by atomic mass is 16.5. The SMILES string of the molecule is CCOC(=O)c1cc(C2=CC3CCC2N3)on1.O=C(O)/C=C/C(=O)O. The number of carbonyl (C=O) groups is 3. The van der Waals surface area contributed by atoms with Crippen LogP contribution in [-0.4, -0.2) is 52.0 Å². The van der Waals surface area contributed by atoms with Crippen LogP contribution in [0.4, 0.5) is 0 Å². The van der Waals surface area contributed by atoms with Crippen LogP contribution in [0.1, 0.15) is 36.0 Å². The molecule has 1 saturated heterocycles. The Labute approximate surface area is 142 Å². The van der Waals surface area contributed by atoms with Crippen LogP contribution >= 0.6 is 0 Å². The summed E-state index contributed by atoms with van der Waals surface area (Å²) in [6.45, 7) is 2.11. The standard InChI is InChI=1S/C12H14N2O3.C4H4O4/c1-2-16-12(15)10-6-11(17-14-10)8-5-7-3-4-9(8)13-7;5-3(6)1-2-4(7)8/h5-7,9,13H,2-4H2,1H3;1-2H,(H,5,6)(H,7,8)/b;2-1+. The van der Waals surface area contributed by atoms with Crippen molar-refractivity contribution in [1.29, 1.82) is 0 Å². The predicted octanol–water partition coefficient (Wildman–Crippen LogP) is 1.08. The first kappa shape index (κ1) is 18.4. The normalized spacial score (nSPS) is 20.8. The van der Waals surface area contributed by atoms with Gasteiger partial charge in [0.1, 0.15) is 0 Å². The van der Waals surface area contributed by atoms with Crippen LogP contribution < -0.4 is 5.32 Å². The van der Waals surface area contributed by atoms with Crippen molar-refractivity contribution in [3.63, 3.8) is 0 Å². The molecule has 3 rings (SSSR count). The molecule has 0 amide bonds. The number of rotatable bonds is 5. The minimum absolute atomic E-state index is 0.241. The first-order valence-electron chi connectivity index (χ1n) is 7.66. The second kappa shape index (κ2) is 8.25. The van der Waals surface area contributed by atoms with Crippen molar-refractivity contribution in [3.8, 4) is 0 Å². The van der Waals surface area contributed by atoms with Crippen molar-refractivity contribution in [2.45, 2.75) is 31.8 Å². The number of esters is 1. The van der Waals surface area contributed by atoms with Gasteiger partial charge in [-0.15, -0.1) is 0 Å². The fraction of sp³-hybridized carbons (Fsp3) is 0.375. The maximum absolute atomic E-state index is 11.5. The van der Waals surface area contributed by atoms with E-state index in [0.717, 1.165) is 12.0 Å². The summed E-state index contributed by atoms with van der Waals surface area (Å²) in [7, 11) is 0. The van der Waals surface area contributed by atoms with Crippen LogP contribution in [0.15, 0.2) is 28.8 Å². The van der Waals surface area contributed by atoms with E-state index in [1.807, 2.05) is 0 Å². The summed E-state index contributed by atoms with van der Waals surface area (Å²) in [6, 6.07) is 2.46. The molecular weight excluding hydrogens is 332 g/mol. The molecule has 2 aliphatic rings. The number of aromatic nitrogens is 1. The van der Waals surface area contributed by atoms with Crippen molar-refractivity contribution in [3.05, 3.63) is 35.7 Å². The van der Waals surface area contributed by atoms with E-state index in [9.17, 15) is 14.4 Å². The predicted molar refractivity (Wildman–Crippen MR) is 84.8 cm³/mol. The van der Waals surface area contributed by atoms with Gasteiger partial charge in [0.2, 0.25) is 0 Å². The molecule has 0 spiro atoms. The Morgan fingerprint density at radius 3 is 2.48 bits per heavy atom. The molecule has 0 aliphatic carbocycles. The summed E-state index contributed by atoms with van der Waals surface area (Å²) >= 11 is 0. The zero-order chi connectivity index (χ0) is 18.4. The molecule has 2 atom stereocenters. The average Bonchev–Trinajstić information content (AvgIpc) is 3.29. The van der Waals surface area contributed by atoms with Gasteiger partial charge in [-0.25, -0.2) is 14.4 Å². The highest BCUT2D eigenvalue weighted by molar-refractivity contribution is 5.89. The van der Waals surface area contributed by atoms with Gasteiger partial charge in [-0.05, 0) is 19.8 Å². The van der Waals surface area contributed by atoms with E-state index < -0.39 is 17.9 Å². The van der Waals surface area contributed by atoms with Gasteiger partial charge >= 0.3 is 17.9 Å². The van der Waals surface area contributed by atoms with Gasteiger partial charge in [0, 0.05) is 35.9 Å². The third kappa shape index (κ3) is 5.01. The Balaban J connectivity index is 0.000000242. The largest absolute Gasteiger partial charge is 0.478 e. The van der Waals surface area contributed by atoms with E-state index in [0.29, 0.717) is 36.6 Å². The van der Waals surface area contributed by atoms with E-state index >= 15 is 0 Å². The number of nitrogens with one attached hydrogen (secondary N) is 1. The zero-order valence-corrected chi connectivity index (χ0v) is 13.5. The van der Waals surface area contributed by atoms with Crippen molar-refractivity contribution in [2.24, 2.45) is 0 Å². The van der Waals surface area contributed by atoms with Gasteiger partial charge in [-0.1, -0.05) is 11.2 Å². The Morgan fingerprint density at radius 2 is 2.00 bits per heavy atom. The monoisotopic (exact) mass is 350 g/mol. The van der Waals surface area contributed by atoms with Gasteiger partial charge < -0.3 is 24.8 Å². The Kier molecular flexibility index (Phi) is 6.07. The van der Waals surface area contributed by atoms with Crippen LogP contribution in [0.3, 0.4) is 0 Å². The first-order chi connectivity index (χ1) is 11.9. The van der Waals surface area contributed by atoms with E-state index in [1.54, 1.807) is 13.0 Å². The maximum Gasteiger partial charge on any atom is 0.360 e. The second-order valence-corrected chi connectivity index (χ2v) is 5.33. The number of aliphatic carboxylic acids is 2. The van der Waals surface area contributed by atoms with Gasteiger partial charge in [0.15, 0.2) is 11.5 Å². The number of carboxylic acid groups (broad SMARTS) is 2. The summed E-state index contributed by atoms with van der Waals surface area (Å²) in [6.07, 6.45) is 5.56. The molecule has 9 heteroatoms.